The van der Waals surface area contributed by atoms with Crippen molar-refractivity contribution in [2.45, 2.75) is 63.6 Å². The SMILES string of the molecule is O=C1CCC(N2Cc3cc(NC4CCCCC4)ccc3C2=O)C(=O)N1. The van der Waals surface area contributed by atoms with Crippen LogP contribution in [0.3, 0.4) is 0 Å². The van der Waals surface area contributed by atoms with E-state index in [0.717, 1.165) is 11.3 Å². The Labute approximate surface area is 147 Å². The van der Waals surface area contributed by atoms with E-state index in [1.54, 1.807) is 4.90 Å². The maximum Gasteiger partial charge on any atom is 0.255 e. The molecule has 1 aromatic carbocycles. The van der Waals surface area contributed by atoms with Gasteiger partial charge in [0.15, 0.2) is 0 Å². The summed E-state index contributed by atoms with van der Waals surface area (Å²) in [7, 11) is 0. The topological polar surface area (TPSA) is 78.5 Å². The van der Waals surface area contributed by atoms with Gasteiger partial charge in [0.1, 0.15) is 6.04 Å². The standard InChI is InChI=1S/C19H23N3O3/c23-17-9-8-16(18(24)21-17)22-11-12-10-14(6-7-15(12)19(22)25)20-13-4-2-1-3-5-13/h6-7,10,13,16,20H,1-5,8-9,11H2,(H,21,23,24). The minimum atomic E-state index is -0.549. The Kier molecular flexibility index (Phi) is 4.19. The molecule has 132 valence electrons. The largest absolute Gasteiger partial charge is 0.382 e. The molecular weight excluding hydrogens is 318 g/mol. The van der Waals surface area contributed by atoms with Crippen LogP contribution in [0.1, 0.15) is 60.9 Å². The Morgan fingerprint density at radius 1 is 1.04 bits per heavy atom. The van der Waals surface area contributed by atoms with Gasteiger partial charge in [-0.15, -0.1) is 0 Å². The first kappa shape index (κ1) is 16.1. The molecule has 0 spiro atoms. The first-order valence-electron chi connectivity index (χ1n) is 9.16. The number of carbonyl (C=O) groups excluding carboxylic acids is 3. The molecule has 6 heteroatoms. The van der Waals surface area contributed by atoms with Crippen LogP contribution in [0.4, 0.5) is 5.69 Å². The van der Waals surface area contributed by atoms with Gasteiger partial charge in [0.2, 0.25) is 11.8 Å². The summed E-state index contributed by atoms with van der Waals surface area (Å²) in [4.78, 5) is 37.7. The van der Waals surface area contributed by atoms with Gasteiger partial charge < -0.3 is 10.2 Å². The number of carbonyl (C=O) groups is 3. The molecule has 2 heterocycles. The number of anilines is 1. The minimum Gasteiger partial charge on any atom is -0.382 e. The van der Waals surface area contributed by atoms with Gasteiger partial charge >= 0.3 is 0 Å². The molecular formula is C19H23N3O3. The van der Waals surface area contributed by atoms with Crippen molar-refractivity contribution in [1.29, 1.82) is 0 Å². The molecule has 1 aliphatic carbocycles. The summed E-state index contributed by atoms with van der Waals surface area (Å²) < 4.78 is 0. The molecule has 0 aromatic heterocycles. The summed E-state index contributed by atoms with van der Waals surface area (Å²) >= 11 is 0. The predicted molar refractivity (Wildman–Crippen MR) is 93.0 cm³/mol. The van der Waals surface area contributed by atoms with Crippen LogP contribution >= 0.6 is 0 Å². The molecule has 2 fully saturated rings. The van der Waals surface area contributed by atoms with Crippen LogP contribution in [-0.2, 0) is 16.1 Å². The number of benzene rings is 1. The fraction of sp³-hybridized carbons (Fsp3) is 0.526. The van der Waals surface area contributed by atoms with Crippen molar-refractivity contribution in [3.63, 3.8) is 0 Å². The molecule has 4 rings (SSSR count). The Hall–Kier alpha value is -2.37. The van der Waals surface area contributed by atoms with Gasteiger partial charge in [-0.2, -0.15) is 0 Å². The van der Waals surface area contributed by atoms with Gasteiger partial charge in [-0.25, -0.2) is 0 Å². The lowest BCUT2D eigenvalue weighted by atomic mass is 9.95. The number of hydrogen-bond donors (Lipinski definition) is 2. The lowest BCUT2D eigenvalue weighted by Gasteiger charge is -2.29. The summed E-state index contributed by atoms with van der Waals surface area (Å²) in [5.74, 6) is -0.740. The zero-order chi connectivity index (χ0) is 17.4. The summed E-state index contributed by atoms with van der Waals surface area (Å²) in [5, 5.41) is 5.92. The monoisotopic (exact) mass is 341 g/mol. The number of amides is 3. The van der Waals surface area contributed by atoms with Crippen molar-refractivity contribution in [2.24, 2.45) is 0 Å². The van der Waals surface area contributed by atoms with Crippen molar-refractivity contribution < 1.29 is 14.4 Å². The third kappa shape index (κ3) is 3.13. The van der Waals surface area contributed by atoms with Crippen molar-refractivity contribution in [3.8, 4) is 0 Å². The molecule has 1 atom stereocenters. The van der Waals surface area contributed by atoms with Gasteiger partial charge in [-0.05, 0) is 43.0 Å². The number of nitrogens with one attached hydrogen (secondary N) is 2. The first-order chi connectivity index (χ1) is 12.1. The molecule has 0 bridgehead atoms. The quantitative estimate of drug-likeness (QED) is 0.826. The second-order valence-electron chi connectivity index (χ2n) is 7.25. The van der Waals surface area contributed by atoms with Gasteiger partial charge in [0.25, 0.3) is 5.91 Å². The lowest BCUT2D eigenvalue weighted by molar-refractivity contribution is -0.136. The Morgan fingerprint density at radius 3 is 2.60 bits per heavy atom. The van der Waals surface area contributed by atoms with Crippen LogP contribution in [0.5, 0.6) is 0 Å². The number of fused-ring (bicyclic) bond motifs is 1. The maximum absolute atomic E-state index is 12.7. The lowest BCUT2D eigenvalue weighted by Crippen LogP contribution is -2.52. The molecule has 2 aliphatic heterocycles. The third-order valence-corrected chi connectivity index (χ3v) is 5.50. The Balaban J connectivity index is 1.49. The molecule has 6 nitrogen and oxygen atoms in total. The van der Waals surface area contributed by atoms with Crippen LogP contribution in [-0.4, -0.2) is 34.7 Å². The highest BCUT2D eigenvalue weighted by Crippen LogP contribution is 2.30. The summed E-state index contributed by atoms with van der Waals surface area (Å²) in [6, 6.07) is 5.81. The van der Waals surface area contributed by atoms with E-state index >= 15 is 0 Å². The van der Waals surface area contributed by atoms with Crippen LogP contribution in [0.15, 0.2) is 18.2 Å². The fourth-order valence-electron chi connectivity index (χ4n) is 4.15. The second-order valence-corrected chi connectivity index (χ2v) is 7.25. The number of imide groups is 1. The van der Waals surface area contributed by atoms with E-state index in [4.69, 9.17) is 0 Å². The Bertz CT molecular complexity index is 725. The van der Waals surface area contributed by atoms with Gasteiger partial charge in [0, 0.05) is 30.3 Å². The van der Waals surface area contributed by atoms with E-state index in [1.165, 1.54) is 32.1 Å². The average molecular weight is 341 g/mol. The summed E-state index contributed by atoms with van der Waals surface area (Å²) in [5.41, 5.74) is 2.66. The summed E-state index contributed by atoms with van der Waals surface area (Å²) in [6.45, 7) is 0.431. The predicted octanol–water partition coefficient (Wildman–Crippen LogP) is 2.19. The third-order valence-electron chi connectivity index (χ3n) is 5.50. The van der Waals surface area contributed by atoms with E-state index in [-0.39, 0.29) is 24.1 Å². The smallest absolute Gasteiger partial charge is 0.255 e. The van der Waals surface area contributed by atoms with Crippen LogP contribution in [0, 0.1) is 0 Å². The van der Waals surface area contributed by atoms with Gasteiger partial charge in [0.05, 0.1) is 0 Å². The normalized spacial score (nSPS) is 24.2. The molecule has 3 amide bonds. The maximum atomic E-state index is 12.7. The van der Waals surface area contributed by atoms with Crippen molar-refractivity contribution in [1.82, 2.24) is 10.2 Å². The number of piperidine rings is 1. The molecule has 1 saturated heterocycles. The van der Waals surface area contributed by atoms with E-state index in [1.807, 2.05) is 18.2 Å². The van der Waals surface area contributed by atoms with Crippen molar-refractivity contribution in [3.05, 3.63) is 29.3 Å². The Morgan fingerprint density at radius 2 is 1.84 bits per heavy atom. The fourth-order valence-corrected chi connectivity index (χ4v) is 4.15. The number of rotatable bonds is 3. The van der Waals surface area contributed by atoms with Gasteiger partial charge in [-0.1, -0.05) is 19.3 Å². The number of hydrogen-bond acceptors (Lipinski definition) is 4. The summed E-state index contributed by atoms with van der Waals surface area (Å²) in [6.07, 6.45) is 6.92. The van der Waals surface area contributed by atoms with Crippen molar-refractivity contribution >= 4 is 23.4 Å². The van der Waals surface area contributed by atoms with E-state index < -0.39 is 6.04 Å². The molecule has 1 saturated carbocycles. The van der Waals surface area contributed by atoms with E-state index in [0.29, 0.717) is 24.6 Å². The average Bonchev–Trinajstić information content (AvgIpc) is 2.92. The number of nitrogens with zero attached hydrogens (tertiary/aromatic N) is 1. The minimum absolute atomic E-state index is 0.117. The molecule has 0 radical (unpaired) electrons. The molecule has 1 aromatic rings. The van der Waals surface area contributed by atoms with Crippen LogP contribution in [0.2, 0.25) is 0 Å². The zero-order valence-corrected chi connectivity index (χ0v) is 14.2. The van der Waals surface area contributed by atoms with Gasteiger partial charge in [-0.3, -0.25) is 19.7 Å². The first-order valence-corrected chi connectivity index (χ1v) is 9.16. The van der Waals surface area contributed by atoms with Crippen molar-refractivity contribution in [2.75, 3.05) is 5.32 Å². The highest BCUT2D eigenvalue weighted by molar-refractivity contribution is 6.05. The van der Waals surface area contributed by atoms with E-state index in [9.17, 15) is 14.4 Å². The van der Waals surface area contributed by atoms with E-state index in [2.05, 4.69) is 10.6 Å². The zero-order valence-electron chi connectivity index (χ0n) is 14.2. The highest BCUT2D eigenvalue weighted by Gasteiger charge is 2.39. The molecule has 1 unspecified atom stereocenters. The molecule has 3 aliphatic rings. The highest BCUT2D eigenvalue weighted by atomic mass is 16.2. The molecule has 25 heavy (non-hydrogen) atoms. The van der Waals surface area contributed by atoms with Crippen LogP contribution < -0.4 is 10.6 Å². The molecule has 2 N–H and O–H groups in total. The van der Waals surface area contributed by atoms with Crippen LogP contribution in [0.25, 0.3) is 0 Å². The second kappa shape index (κ2) is 6.50.